The number of benzene rings is 1. The van der Waals surface area contributed by atoms with Crippen molar-refractivity contribution in [3.8, 4) is 11.5 Å². The Balaban J connectivity index is 1.90. The van der Waals surface area contributed by atoms with Crippen LogP contribution in [0.3, 0.4) is 0 Å². The van der Waals surface area contributed by atoms with Gasteiger partial charge in [0.1, 0.15) is 14.1 Å². The van der Waals surface area contributed by atoms with E-state index in [1.165, 1.54) is 19.3 Å². The van der Waals surface area contributed by atoms with Gasteiger partial charge < -0.3 is 0 Å². The molecule has 0 spiro atoms. The monoisotopic (exact) mass is 375 g/mol. The first-order chi connectivity index (χ1) is 11.7. The zero-order valence-corrected chi connectivity index (χ0v) is 17.6. The molecule has 1 aromatic rings. The Hall–Kier alpha value is -1.09. The SMILES string of the molecule is Cc1ccc(S(=O)(=O)N2[C@H](C#C[Si](C)(C)C)[C@H]2C2CCCCC2)cc1. The van der Waals surface area contributed by atoms with Gasteiger partial charge in [0, 0.05) is 0 Å². The molecule has 0 aromatic heterocycles. The molecule has 3 atom stereocenters. The molecule has 1 saturated carbocycles. The van der Waals surface area contributed by atoms with E-state index in [1.807, 2.05) is 19.1 Å². The maximum atomic E-state index is 13.2. The first-order valence-electron chi connectivity index (χ1n) is 9.33. The fraction of sp³-hybridized carbons (Fsp3) is 0.600. The predicted octanol–water partition coefficient (Wildman–Crippen LogP) is 4.20. The molecule has 2 aliphatic rings. The van der Waals surface area contributed by atoms with Crippen LogP contribution in [0.2, 0.25) is 19.6 Å². The van der Waals surface area contributed by atoms with Gasteiger partial charge >= 0.3 is 0 Å². The third-order valence-electron chi connectivity index (χ3n) is 5.13. The second-order valence-corrected chi connectivity index (χ2v) is 15.1. The molecule has 1 saturated heterocycles. The van der Waals surface area contributed by atoms with Crippen LogP contribution < -0.4 is 0 Å². The van der Waals surface area contributed by atoms with E-state index in [4.69, 9.17) is 0 Å². The Bertz CT molecular complexity index is 778. The second kappa shape index (κ2) is 6.90. The lowest BCUT2D eigenvalue weighted by Gasteiger charge is -2.21. The summed E-state index contributed by atoms with van der Waals surface area (Å²) >= 11 is 0. The van der Waals surface area contributed by atoms with E-state index < -0.39 is 18.1 Å². The molecule has 3 nitrogen and oxygen atoms in total. The van der Waals surface area contributed by atoms with Crippen LogP contribution in [0.5, 0.6) is 0 Å². The molecule has 1 aromatic carbocycles. The molecule has 0 N–H and O–H groups in total. The van der Waals surface area contributed by atoms with Crippen LogP contribution in [-0.2, 0) is 10.0 Å². The van der Waals surface area contributed by atoms with Crippen molar-refractivity contribution in [2.75, 3.05) is 0 Å². The highest BCUT2D eigenvalue weighted by Gasteiger charge is 2.58. The first kappa shape index (κ1) is 18.7. The minimum absolute atomic E-state index is 0.0791. The Morgan fingerprint density at radius 2 is 1.64 bits per heavy atom. The van der Waals surface area contributed by atoms with Gasteiger partial charge in [0.25, 0.3) is 0 Å². The molecule has 136 valence electrons. The van der Waals surface area contributed by atoms with Gasteiger partial charge in [-0.3, -0.25) is 0 Å². The average Bonchev–Trinajstić information content (AvgIpc) is 3.29. The topological polar surface area (TPSA) is 37.1 Å². The van der Waals surface area contributed by atoms with Crippen LogP contribution >= 0.6 is 0 Å². The third kappa shape index (κ3) is 4.19. The summed E-state index contributed by atoms with van der Waals surface area (Å²) in [5, 5.41) is 0. The molecule has 1 unspecified atom stereocenters. The van der Waals surface area contributed by atoms with Crippen molar-refractivity contribution >= 4 is 18.1 Å². The molecular formula is C20H29NO2SSi. The van der Waals surface area contributed by atoms with Crippen molar-refractivity contribution in [3.63, 3.8) is 0 Å². The smallest absolute Gasteiger partial charge is 0.207 e. The van der Waals surface area contributed by atoms with Gasteiger partial charge in [-0.15, -0.1) is 5.54 Å². The summed E-state index contributed by atoms with van der Waals surface area (Å²) in [4.78, 5) is 0.399. The minimum Gasteiger partial charge on any atom is -0.207 e. The van der Waals surface area contributed by atoms with E-state index in [2.05, 4.69) is 31.1 Å². The normalized spacial score (nSPS) is 27.4. The second-order valence-electron chi connectivity index (χ2n) is 8.50. The maximum Gasteiger partial charge on any atom is 0.244 e. The average molecular weight is 376 g/mol. The zero-order valence-electron chi connectivity index (χ0n) is 15.7. The number of hydrogen-bond donors (Lipinski definition) is 0. The van der Waals surface area contributed by atoms with Gasteiger partial charge in [0.2, 0.25) is 10.0 Å². The lowest BCUT2D eigenvalue weighted by atomic mass is 9.86. The fourth-order valence-corrected chi connectivity index (χ4v) is 6.09. The Labute approximate surface area is 153 Å². The maximum absolute atomic E-state index is 13.2. The summed E-state index contributed by atoms with van der Waals surface area (Å²) in [5.41, 5.74) is 4.47. The highest BCUT2D eigenvalue weighted by atomic mass is 32.2. The van der Waals surface area contributed by atoms with Crippen molar-refractivity contribution in [2.45, 2.75) is 75.6 Å². The first-order valence-corrected chi connectivity index (χ1v) is 14.3. The third-order valence-corrected chi connectivity index (χ3v) is 7.91. The fourth-order valence-electron chi connectivity index (χ4n) is 3.75. The molecule has 5 heteroatoms. The highest BCUT2D eigenvalue weighted by Crippen LogP contribution is 2.45. The molecule has 0 bridgehead atoms. The zero-order chi connectivity index (χ0) is 18.2. The predicted molar refractivity (Wildman–Crippen MR) is 105 cm³/mol. The van der Waals surface area contributed by atoms with Crippen LogP contribution in [0.1, 0.15) is 37.7 Å². The lowest BCUT2D eigenvalue weighted by Crippen LogP contribution is -2.21. The van der Waals surface area contributed by atoms with Crippen molar-refractivity contribution < 1.29 is 8.42 Å². The Morgan fingerprint density at radius 1 is 1.04 bits per heavy atom. The number of nitrogens with zero attached hydrogens (tertiary/aromatic N) is 1. The van der Waals surface area contributed by atoms with E-state index in [0.717, 1.165) is 18.4 Å². The number of rotatable bonds is 3. The van der Waals surface area contributed by atoms with E-state index in [-0.39, 0.29) is 12.1 Å². The van der Waals surface area contributed by atoms with Gasteiger partial charge in [0.05, 0.1) is 10.9 Å². The highest BCUT2D eigenvalue weighted by molar-refractivity contribution is 7.89. The number of sulfonamides is 1. The summed E-state index contributed by atoms with van der Waals surface area (Å²) in [6.07, 6.45) is 5.98. The van der Waals surface area contributed by atoms with E-state index in [9.17, 15) is 8.42 Å². The van der Waals surface area contributed by atoms with Gasteiger partial charge in [0.15, 0.2) is 0 Å². The molecule has 2 fully saturated rings. The van der Waals surface area contributed by atoms with Crippen molar-refractivity contribution in [3.05, 3.63) is 29.8 Å². The molecule has 1 aliphatic carbocycles. The molecule has 1 aliphatic heterocycles. The van der Waals surface area contributed by atoms with Gasteiger partial charge in [-0.05, 0) is 37.8 Å². The summed E-state index contributed by atoms with van der Waals surface area (Å²) in [5.74, 6) is 3.81. The molecule has 0 amide bonds. The Kier molecular flexibility index (Phi) is 5.16. The van der Waals surface area contributed by atoms with Gasteiger partial charge in [-0.2, -0.15) is 4.31 Å². The van der Waals surface area contributed by atoms with Crippen LogP contribution in [0.4, 0.5) is 0 Å². The lowest BCUT2D eigenvalue weighted by molar-refractivity contribution is 0.335. The van der Waals surface area contributed by atoms with Crippen molar-refractivity contribution in [1.82, 2.24) is 4.31 Å². The van der Waals surface area contributed by atoms with E-state index in [0.29, 0.717) is 10.8 Å². The number of aryl methyl sites for hydroxylation is 1. The summed E-state index contributed by atoms with van der Waals surface area (Å²) in [6, 6.07) is 7.15. The molecular weight excluding hydrogens is 346 g/mol. The number of hydrogen-bond acceptors (Lipinski definition) is 2. The van der Waals surface area contributed by atoms with Crippen LogP contribution in [-0.4, -0.2) is 32.9 Å². The summed E-state index contributed by atoms with van der Waals surface area (Å²) in [6.45, 7) is 8.59. The van der Waals surface area contributed by atoms with E-state index in [1.54, 1.807) is 16.4 Å². The molecule has 3 rings (SSSR count). The minimum atomic E-state index is -3.45. The summed E-state index contributed by atoms with van der Waals surface area (Å²) in [7, 11) is -4.97. The summed E-state index contributed by atoms with van der Waals surface area (Å²) < 4.78 is 28.0. The largest absolute Gasteiger partial charge is 0.244 e. The quantitative estimate of drug-likeness (QED) is 0.451. The van der Waals surface area contributed by atoms with Crippen LogP contribution in [0, 0.1) is 24.3 Å². The van der Waals surface area contributed by atoms with Crippen molar-refractivity contribution in [2.24, 2.45) is 5.92 Å². The Morgan fingerprint density at radius 3 is 2.20 bits per heavy atom. The molecule has 1 heterocycles. The van der Waals surface area contributed by atoms with Crippen LogP contribution in [0.25, 0.3) is 0 Å². The standard InChI is InChI=1S/C20H29NO2SSi/c1-16-10-12-18(13-11-16)24(22,23)21-19(14-15-25(2,3)4)20(21)17-8-6-5-7-9-17/h10-13,17,19-20H,5-9H2,1-4H3/t19-,20-,21?/m1/s1. The van der Waals surface area contributed by atoms with E-state index >= 15 is 0 Å². The van der Waals surface area contributed by atoms with Crippen LogP contribution in [0.15, 0.2) is 29.2 Å². The molecule has 0 radical (unpaired) electrons. The van der Waals surface area contributed by atoms with Crippen molar-refractivity contribution in [1.29, 1.82) is 0 Å². The van der Waals surface area contributed by atoms with Gasteiger partial charge in [-0.1, -0.05) is 62.5 Å². The van der Waals surface area contributed by atoms with Gasteiger partial charge in [-0.25, -0.2) is 8.42 Å². The molecule has 25 heavy (non-hydrogen) atoms.